The van der Waals surface area contributed by atoms with E-state index in [0.29, 0.717) is 12.5 Å². The Hall–Kier alpha value is -0.570. The summed E-state index contributed by atoms with van der Waals surface area (Å²) in [5.41, 5.74) is 5.41. The number of fused-ring (bicyclic) bond motifs is 2. The van der Waals surface area contributed by atoms with E-state index in [0.717, 1.165) is 18.8 Å². The van der Waals surface area contributed by atoms with Crippen LogP contribution in [0.1, 0.15) is 25.7 Å². The minimum atomic E-state index is -0.322. The van der Waals surface area contributed by atoms with Crippen LogP contribution in [0.3, 0.4) is 0 Å². The van der Waals surface area contributed by atoms with Crippen molar-refractivity contribution in [2.24, 2.45) is 23.0 Å². The Morgan fingerprint density at radius 2 is 2.38 bits per heavy atom. The monoisotopic (exact) mass is 183 g/mol. The summed E-state index contributed by atoms with van der Waals surface area (Å²) in [5.74, 6) is 1.14. The van der Waals surface area contributed by atoms with Crippen molar-refractivity contribution in [1.29, 1.82) is 0 Å². The normalized spacial score (nSPS) is 42.3. The predicted molar refractivity (Wildman–Crippen MR) is 49.0 cm³/mol. The molecule has 0 aromatic heterocycles. The first kappa shape index (κ1) is 9.00. The molecule has 2 fully saturated rings. The van der Waals surface area contributed by atoms with Gasteiger partial charge in [0.1, 0.15) is 0 Å². The summed E-state index contributed by atoms with van der Waals surface area (Å²) in [6, 6.07) is 0. The lowest BCUT2D eigenvalue weighted by Crippen LogP contribution is -2.43. The number of ether oxygens (including phenoxy) is 1. The highest BCUT2D eigenvalue weighted by molar-refractivity contribution is 5.78. The maximum absolute atomic E-state index is 11.7. The number of hydrogen-bond acceptors (Lipinski definition) is 3. The van der Waals surface area contributed by atoms with Crippen molar-refractivity contribution in [2.45, 2.75) is 25.7 Å². The minimum Gasteiger partial charge on any atom is -0.469 e. The summed E-state index contributed by atoms with van der Waals surface area (Å²) in [6.07, 6.45) is 4.59. The molecular formula is C10H17NO2. The third-order valence-electron chi connectivity index (χ3n) is 3.93. The maximum atomic E-state index is 11.7. The summed E-state index contributed by atoms with van der Waals surface area (Å²) in [7, 11) is 1.46. The lowest BCUT2D eigenvalue weighted by Gasteiger charge is -2.33. The Morgan fingerprint density at radius 3 is 2.77 bits per heavy atom. The maximum Gasteiger partial charge on any atom is 0.313 e. The van der Waals surface area contributed by atoms with Crippen molar-refractivity contribution in [3.63, 3.8) is 0 Å². The average Bonchev–Trinajstić information content (AvgIpc) is 2.75. The lowest BCUT2D eigenvalue weighted by atomic mass is 9.73. The molecule has 3 atom stereocenters. The smallest absolute Gasteiger partial charge is 0.313 e. The van der Waals surface area contributed by atoms with Crippen molar-refractivity contribution < 1.29 is 9.53 Å². The fourth-order valence-electron chi connectivity index (χ4n) is 3.23. The largest absolute Gasteiger partial charge is 0.469 e. The summed E-state index contributed by atoms with van der Waals surface area (Å²) in [6.45, 7) is 0.459. The quantitative estimate of drug-likeness (QED) is 0.648. The van der Waals surface area contributed by atoms with Crippen LogP contribution in [0.25, 0.3) is 0 Å². The Morgan fingerprint density at radius 1 is 1.62 bits per heavy atom. The molecule has 2 aliphatic rings. The number of nitrogens with two attached hydrogens (primary N) is 1. The second kappa shape index (κ2) is 2.98. The van der Waals surface area contributed by atoms with Gasteiger partial charge < -0.3 is 10.5 Å². The van der Waals surface area contributed by atoms with Crippen LogP contribution < -0.4 is 5.73 Å². The van der Waals surface area contributed by atoms with Gasteiger partial charge in [-0.25, -0.2) is 0 Å². The van der Waals surface area contributed by atoms with Gasteiger partial charge in [0.2, 0.25) is 0 Å². The number of carbonyl (C=O) groups excluding carboxylic acids is 1. The number of hydrogen-bond donors (Lipinski definition) is 1. The van der Waals surface area contributed by atoms with Crippen LogP contribution in [0.4, 0.5) is 0 Å². The van der Waals surface area contributed by atoms with Gasteiger partial charge in [0.05, 0.1) is 12.5 Å². The molecule has 3 heteroatoms. The lowest BCUT2D eigenvalue weighted by molar-refractivity contribution is -0.155. The van der Waals surface area contributed by atoms with Crippen LogP contribution in [0.15, 0.2) is 0 Å². The highest BCUT2D eigenvalue weighted by Crippen LogP contribution is 2.55. The van der Waals surface area contributed by atoms with Gasteiger partial charge in [-0.15, -0.1) is 0 Å². The van der Waals surface area contributed by atoms with Crippen LogP contribution >= 0.6 is 0 Å². The molecule has 2 saturated carbocycles. The van der Waals surface area contributed by atoms with Gasteiger partial charge in [0, 0.05) is 6.54 Å². The molecule has 2 N–H and O–H groups in total. The fraction of sp³-hybridized carbons (Fsp3) is 0.900. The first-order valence-electron chi connectivity index (χ1n) is 5.01. The van der Waals surface area contributed by atoms with Crippen LogP contribution in [0.2, 0.25) is 0 Å². The minimum absolute atomic E-state index is 0.0813. The number of rotatable bonds is 2. The third kappa shape index (κ3) is 1.10. The van der Waals surface area contributed by atoms with Gasteiger partial charge in [0.25, 0.3) is 0 Å². The predicted octanol–water partition coefficient (Wildman–Crippen LogP) is 0.924. The van der Waals surface area contributed by atoms with E-state index >= 15 is 0 Å². The second-order valence-electron chi connectivity index (χ2n) is 4.43. The van der Waals surface area contributed by atoms with Gasteiger partial charge in [-0.05, 0) is 31.1 Å². The fourth-order valence-corrected chi connectivity index (χ4v) is 3.23. The first-order valence-corrected chi connectivity index (χ1v) is 5.01. The first-order chi connectivity index (χ1) is 6.23. The average molecular weight is 183 g/mol. The van der Waals surface area contributed by atoms with E-state index in [4.69, 9.17) is 10.5 Å². The molecule has 2 bridgehead atoms. The zero-order valence-corrected chi connectivity index (χ0v) is 8.08. The van der Waals surface area contributed by atoms with E-state index in [2.05, 4.69) is 0 Å². The second-order valence-corrected chi connectivity index (χ2v) is 4.43. The summed E-state index contributed by atoms with van der Waals surface area (Å²) >= 11 is 0. The number of methoxy groups -OCH3 is 1. The molecule has 0 spiro atoms. The summed E-state index contributed by atoms with van der Waals surface area (Å²) in [4.78, 5) is 11.7. The molecule has 0 aromatic carbocycles. The van der Waals surface area contributed by atoms with Crippen LogP contribution in [-0.4, -0.2) is 19.6 Å². The molecule has 0 aliphatic heterocycles. The molecule has 2 aliphatic carbocycles. The molecule has 13 heavy (non-hydrogen) atoms. The van der Waals surface area contributed by atoms with Crippen molar-refractivity contribution in [2.75, 3.05) is 13.7 Å². The van der Waals surface area contributed by atoms with Crippen molar-refractivity contribution in [3.05, 3.63) is 0 Å². The zero-order valence-electron chi connectivity index (χ0n) is 8.08. The molecule has 0 aromatic rings. The number of esters is 1. The SMILES string of the molecule is COC(=O)C1(CN)CC2CCC1C2. The molecule has 74 valence electrons. The van der Waals surface area contributed by atoms with Crippen molar-refractivity contribution in [1.82, 2.24) is 0 Å². The molecular weight excluding hydrogens is 166 g/mol. The van der Waals surface area contributed by atoms with E-state index in [9.17, 15) is 4.79 Å². The van der Waals surface area contributed by atoms with Crippen molar-refractivity contribution >= 4 is 5.97 Å². The van der Waals surface area contributed by atoms with Crippen molar-refractivity contribution in [3.8, 4) is 0 Å². The Bertz CT molecular complexity index is 229. The van der Waals surface area contributed by atoms with Gasteiger partial charge in [0.15, 0.2) is 0 Å². The summed E-state index contributed by atoms with van der Waals surface area (Å²) in [5, 5.41) is 0. The van der Waals surface area contributed by atoms with E-state index in [-0.39, 0.29) is 11.4 Å². The Balaban J connectivity index is 2.21. The highest BCUT2D eigenvalue weighted by Gasteiger charge is 2.55. The molecule has 3 nitrogen and oxygen atoms in total. The van der Waals surface area contributed by atoms with Gasteiger partial charge in [-0.3, -0.25) is 4.79 Å². The molecule has 0 radical (unpaired) electrons. The standard InChI is InChI=1S/C10H17NO2/c1-13-9(12)10(6-11)5-7-2-3-8(10)4-7/h7-8H,2-6,11H2,1H3. The molecule has 3 unspecified atom stereocenters. The van der Waals surface area contributed by atoms with E-state index in [1.807, 2.05) is 0 Å². The molecule has 2 rings (SSSR count). The topological polar surface area (TPSA) is 52.3 Å². The van der Waals surface area contributed by atoms with Crippen LogP contribution in [0, 0.1) is 17.3 Å². The van der Waals surface area contributed by atoms with Crippen LogP contribution in [-0.2, 0) is 9.53 Å². The van der Waals surface area contributed by atoms with Gasteiger partial charge in [-0.2, -0.15) is 0 Å². The summed E-state index contributed by atoms with van der Waals surface area (Å²) < 4.78 is 4.86. The highest BCUT2D eigenvalue weighted by atomic mass is 16.5. The molecule has 0 amide bonds. The van der Waals surface area contributed by atoms with Gasteiger partial charge >= 0.3 is 5.97 Å². The molecule has 0 heterocycles. The van der Waals surface area contributed by atoms with Gasteiger partial charge in [-0.1, -0.05) is 6.42 Å². The Labute approximate surface area is 78.6 Å². The third-order valence-corrected chi connectivity index (χ3v) is 3.93. The molecule has 0 saturated heterocycles. The van der Waals surface area contributed by atoms with Crippen LogP contribution in [0.5, 0.6) is 0 Å². The number of carbonyl (C=O) groups is 1. The van der Waals surface area contributed by atoms with E-state index in [1.54, 1.807) is 0 Å². The Kier molecular flexibility index (Phi) is 2.06. The van der Waals surface area contributed by atoms with E-state index < -0.39 is 0 Å². The zero-order chi connectivity index (χ0) is 9.47. The van der Waals surface area contributed by atoms with E-state index in [1.165, 1.54) is 20.0 Å².